The molecule has 2 aromatic carbocycles. The van der Waals surface area contributed by atoms with Gasteiger partial charge < -0.3 is 35.1 Å². The molecule has 0 spiro atoms. The molecule has 4 rings (SSSR count). The minimum Gasteiger partial charge on any atom is -0.494 e. The number of ketones is 1. The molecule has 3 aromatic rings. The van der Waals surface area contributed by atoms with Crippen LogP contribution in [0, 0.1) is 0 Å². The fraction of sp³-hybridized carbons (Fsp3) is 0.333. The van der Waals surface area contributed by atoms with Gasteiger partial charge in [0.25, 0.3) is 0 Å². The lowest BCUT2D eigenvalue weighted by atomic mass is 10.0. The highest BCUT2D eigenvalue weighted by atomic mass is 16.5. The van der Waals surface area contributed by atoms with Crippen LogP contribution in [-0.2, 0) is 22.7 Å². The fourth-order valence-electron chi connectivity index (χ4n) is 4.11. The molecule has 1 aliphatic heterocycles. The van der Waals surface area contributed by atoms with Crippen LogP contribution in [0.2, 0.25) is 0 Å². The van der Waals surface area contributed by atoms with E-state index in [0.29, 0.717) is 46.2 Å². The van der Waals surface area contributed by atoms with Crippen LogP contribution in [0.4, 0.5) is 5.69 Å². The number of fused-ring (bicyclic) bond motifs is 2. The predicted octanol–water partition coefficient (Wildman–Crippen LogP) is 1.78. The van der Waals surface area contributed by atoms with E-state index in [1.54, 1.807) is 51.6 Å². The first-order chi connectivity index (χ1) is 16.8. The molecule has 184 valence electrons. The highest BCUT2D eigenvalue weighted by Crippen LogP contribution is 2.31. The number of methoxy groups -OCH3 is 2. The van der Waals surface area contributed by atoms with E-state index >= 15 is 0 Å². The second-order valence-corrected chi connectivity index (χ2v) is 8.26. The summed E-state index contributed by atoms with van der Waals surface area (Å²) in [4.78, 5) is 45.6. The number of aromatic amines is 1. The second kappa shape index (κ2) is 10.0. The molecule has 4 N–H and O–H groups in total. The van der Waals surface area contributed by atoms with Gasteiger partial charge in [0.15, 0.2) is 5.78 Å². The highest BCUT2D eigenvalue weighted by molar-refractivity contribution is 5.98. The number of carbonyl (C=O) groups excluding carboxylic acids is 2. The molecule has 11 heteroatoms. The average Bonchev–Trinajstić information content (AvgIpc) is 3.22. The number of nitrogens with zero attached hydrogens (tertiary/aromatic N) is 2. The lowest BCUT2D eigenvalue weighted by Gasteiger charge is -2.19. The van der Waals surface area contributed by atoms with Crippen molar-refractivity contribution in [2.75, 3.05) is 33.1 Å². The fourth-order valence-corrected chi connectivity index (χ4v) is 4.11. The molecule has 1 unspecified atom stereocenters. The average molecular weight is 482 g/mol. The zero-order valence-electron chi connectivity index (χ0n) is 19.7. The van der Waals surface area contributed by atoms with Gasteiger partial charge in [0, 0.05) is 24.8 Å². The molecule has 0 aliphatic carbocycles. The van der Waals surface area contributed by atoms with Crippen LogP contribution < -0.4 is 20.1 Å². The molecule has 2 heterocycles. The summed E-state index contributed by atoms with van der Waals surface area (Å²) in [7, 11) is 4.76. The van der Waals surface area contributed by atoms with Crippen molar-refractivity contribution < 1.29 is 29.0 Å². The van der Waals surface area contributed by atoms with Crippen LogP contribution in [0.25, 0.3) is 11.0 Å². The number of nitrogens with one attached hydrogen (secondary N) is 3. The number of ether oxygens (including phenoxy) is 2. The minimum atomic E-state index is -1.06. The summed E-state index contributed by atoms with van der Waals surface area (Å²) in [5.74, 6) is 0.394. The molecule has 0 fully saturated rings. The van der Waals surface area contributed by atoms with Crippen molar-refractivity contribution in [1.29, 1.82) is 0 Å². The highest BCUT2D eigenvalue weighted by Gasteiger charge is 2.29. The van der Waals surface area contributed by atoms with Crippen molar-refractivity contribution in [3.63, 3.8) is 0 Å². The molecule has 35 heavy (non-hydrogen) atoms. The van der Waals surface area contributed by atoms with Crippen LogP contribution >= 0.6 is 0 Å². The van der Waals surface area contributed by atoms with E-state index in [9.17, 15) is 14.4 Å². The molecule has 1 atom stereocenters. The number of aliphatic carboxylic acids is 1. The number of hydrogen-bond donors (Lipinski definition) is 4. The number of rotatable bonds is 9. The Hall–Kier alpha value is -4.12. The number of likely N-dealkylation sites (N-methyl/N-ethyl adjacent to an activating group) is 1. The Labute approximate surface area is 201 Å². The van der Waals surface area contributed by atoms with E-state index in [-0.39, 0.29) is 31.2 Å². The lowest BCUT2D eigenvalue weighted by Crippen LogP contribution is -2.39. The van der Waals surface area contributed by atoms with Gasteiger partial charge in [-0.1, -0.05) is 0 Å². The molecule has 1 amide bonds. The van der Waals surface area contributed by atoms with E-state index in [4.69, 9.17) is 14.6 Å². The van der Waals surface area contributed by atoms with Gasteiger partial charge in [-0.05, 0) is 35.9 Å². The van der Waals surface area contributed by atoms with Crippen molar-refractivity contribution in [3.8, 4) is 11.5 Å². The number of aromatic nitrogens is 2. The largest absolute Gasteiger partial charge is 0.494 e. The maximum atomic E-state index is 12.8. The molecular formula is C24H27N5O6. The van der Waals surface area contributed by atoms with Gasteiger partial charge in [0.2, 0.25) is 5.91 Å². The van der Waals surface area contributed by atoms with Crippen molar-refractivity contribution in [3.05, 3.63) is 47.3 Å². The van der Waals surface area contributed by atoms with Gasteiger partial charge in [-0.15, -0.1) is 0 Å². The maximum Gasteiger partial charge on any atom is 0.305 e. The first-order valence-electron chi connectivity index (χ1n) is 11.0. The van der Waals surface area contributed by atoms with Crippen molar-refractivity contribution in [2.24, 2.45) is 0 Å². The summed E-state index contributed by atoms with van der Waals surface area (Å²) in [6, 6.07) is 7.83. The number of H-pyrrole nitrogens is 1. The van der Waals surface area contributed by atoms with E-state index in [0.717, 1.165) is 5.56 Å². The summed E-state index contributed by atoms with van der Waals surface area (Å²) in [5.41, 5.74) is 3.24. The Kier molecular flexibility index (Phi) is 6.87. The zero-order valence-corrected chi connectivity index (χ0v) is 19.7. The van der Waals surface area contributed by atoms with E-state index in [1.807, 2.05) is 0 Å². The number of carbonyl (C=O) groups is 3. The summed E-state index contributed by atoms with van der Waals surface area (Å²) in [5, 5.41) is 15.2. The molecule has 0 radical (unpaired) electrons. The number of imidazole rings is 1. The third-order valence-electron chi connectivity index (χ3n) is 5.85. The van der Waals surface area contributed by atoms with Crippen molar-refractivity contribution >= 4 is 34.4 Å². The van der Waals surface area contributed by atoms with E-state index in [2.05, 4.69) is 20.6 Å². The molecule has 1 aliphatic rings. The first kappa shape index (κ1) is 24.0. The number of Topliss-reactive ketones (excluding diaryl/α,β-unsaturated/α-hetero) is 1. The van der Waals surface area contributed by atoms with Gasteiger partial charge in [-0.3, -0.25) is 14.4 Å². The van der Waals surface area contributed by atoms with Crippen molar-refractivity contribution in [1.82, 2.24) is 20.2 Å². The van der Waals surface area contributed by atoms with Crippen LogP contribution in [0.3, 0.4) is 0 Å². The van der Waals surface area contributed by atoms with Crippen LogP contribution in [-0.4, -0.2) is 71.5 Å². The summed E-state index contributed by atoms with van der Waals surface area (Å²) >= 11 is 0. The van der Waals surface area contributed by atoms with Crippen LogP contribution in [0.1, 0.15) is 28.2 Å². The Balaban J connectivity index is 1.44. The Morgan fingerprint density at radius 2 is 1.94 bits per heavy atom. The minimum absolute atomic E-state index is 0.0773. The van der Waals surface area contributed by atoms with Gasteiger partial charge in [0.05, 0.1) is 33.7 Å². The normalized spacial score (nSPS) is 15.3. The second-order valence-electron chi connectivity index (χ2n) is 8.26. The van der Waals surface area contributed by atoms with Gasteiger partial charge in [0.1, 0.15) is 34.4 Å². The molecule has 0 saturated carbocycles. The summed E-state index contributed by atoms with van der Waals surface area (Å²) in [6.07, 6.45) is -0.327. The van der Waals surface area contributed by atoms with E-state index in [1.165, 1.54) is 4.90 Å². The quantitative estimate of drug-likeness (QED) is 0.336. The standard InChI is InChI=1S/C24H27N5O6/c1-29-12-14-8-13(4-5-15(14)26-16(24(29)33)9-21(31)32)17(30)10-25-11-20-27-22-18(34-2)6-7-19(35-3)23(22)28-20/h4-8,16,25-26H,9-12H2,1-3H3,(H,27,28)(H,31,32). The maximum absolute atomic E-state index is 12.8. The molecular weight excluding hydrogens is 454 g/mol. The van der Waals surface area contributed by atoms with Gasteiger partial charge in [-0.2, -0.15) is 0 Å². The summed E-state index contributed by atoms with van der Waals surface area (Å²) < 4.78 is 10.7. The number of carboxylic acid groups (broad SMARTS) is 1. The van der Waals surface area contributed by atoms with Gasteiger partial charge in [-0.25, -0.2) is 4.98 Å². The zero-order chi connectivity index (χ0) is 25.1. The third-order valence-corrected chi connectivity index (χ3v) is 5.85. The van der Waals surface area contributed by atoms with E-state index < -0.39 is 12.0 Å². The van der Waals surface area contributed by atoms with Gasteiger partial charge >= 0.3 is 5.97 Å². The van der Waals surface area contributed by atoms with Crippen molar-refractivity contribution in [2.45, 2.75) is 25.6 Å². The first-order valence-corrected chi connectivity index (χ1v) is 11.0. The van der Waals surface area contributed by atoms with Crippen LogP contribution in [0.15, 0.2) is 30.3 Å². The monoisotopic (exact) mass is 481 g/mol. The molecule has 11 nitrogen and oxygen atoms in total. The predicted molar refractivity (Wildman–Crippen MR) is 128 cm³/mol. The number of carboxylic acids is 1. The van der Waals surface area contributed by atoms with Crippen LogP contribution in [0.5, 0.6) is 11.5 Å². The molecule has 1 aromatic heterocycles. The Morgan fingerprint density at radius 3 is 2.66 bits per heavy atom. The Morgan fingerprint density at radius 1 is 1.20 bits per heavy atom. The number of hydrogen-bond acceptors (Lipinski definition) is 8. The third kappa shape index (κ3) is 5.04. The number of anilines is 1. The molecule has 0 bridgehead atoms. The topological polar surface area (TPSA) is 146 Å². The number of amides is 1. The molecule has 0 saturated heterocycles. The lowest BCUT2D eigenvalue weighted by molar-refractivity contribution is -0.141. The summed E-state index contributed by atoms with van der Waals surface area (Å²) in [6.45, 7) is 0.676. The Bertz CT molecular complexity index is 1250. The number of benzene rings is 2. The SMILES string of the molecule is COc1ccc(OC)c2[nH]c(CNCC(=O)c3ccc4c(c3)CN(C)C(=O)C(CC(=O)O)N4)nc12. The smallest absolute Gasteiger partial charge is 0.305 e.